The molecule has 0 bridgehead atoms. The molecule has 3 rings (SSSR count). The summed E-state index contributed by atoms with van der Waals surface area (Å²) in [6, 6.07) is 15.5. The molecule has 0 spiro atoms. The molecule has 8 heteroatoms. The van der Waals surface area contributed by atoms with E-state index in [1.165, 1.54) is 24.5 Å². The minimum atomic E-state index is -4.49. The number of anilines is 2. The van der Waals surface area contributed by atoms with Crippen molar-refractivity contribution in [2.75, 3.05) is 10.6 Å². The van der Waals surface area contributed by atoms with E-state index >= 15 is 0 Å². The Morgan fingerprint density at radius 2 is 1.75 bits per heavy atom. The highest BCUT2D eigenvalue weighted by molar-refractivity contribution is 6.03. The van der Waals surface area contributed by atoms with E-state index in [0.29, 0.717) is 5.82 Å². The Morgan fingerprint density at radius 3 is 2.46 bits per heavy atom. The van der Waals surface area contributed by atoms with Crippen molar-refractivity contribution in [2.45, 2.75) is 19.1 Å². The molecule has 0 radical (unpaired) electrons. The number of amides is 1. The molecular formula is C20H17F3N4O. The molecule has 3 aromatic rings. The Balaban J connectivity index is 1.72. The molecule has 1 unspecified atom stereocenters. The van der Waals surface area contributed by atoms with Crippen molar-refractivity contribution in [3.8, 4) is 0 Å². The van der Waals surface area contributed by atoms with Gasteiger partial charge in [0, 0.05) is 17.8 Å². The summed E-state index contributed by atoms with van der Waals surface area (Å²) >= 11 is 0. The van der Waals surface area contributed by atoms with Crippen molar-refractivity contribution in [1.82, 2.24) is 9.97 Å². The smallest absolute Gasteiger partial charge is 0.363 e. The number of benzene rings is 2. The molecule has 0 aliphatic heterocycles. The first kappa shape index (κ1) is 19.3. The highest BCUT2D eigenvalue weighted by atomic mass is 19.4. The second kappa shape index (κ2) is 8.08. The normalized spacial score (nSPS) is 12.3. The monoisotopic (exact) mass is 386 g/mol. The number of halogens is 3. The fraction of sp³-hybridized carbons (Fsp3) is 0.150. The Bertz CT molecular complexity index is 961. The van der Waals surface area contributed by atoms with Crippen LogP contribution in [-0.2, 0) is 6.18 Å². The van der Waals surface area contributed by atoms with Gasteiger partial charge in [-0.3, -0.25) is 4.79 Å². The quantitative estimate of drug-likeness (QED) is 0.653. The molecule has 0 fully saturated rings. The van der Waals surface area contributed by atoms with Crippen LogP contribution in [0, 0.1) is 0 Å². The van der Waals surface area contributed by atoms with E-state index < -0.39 is 17.6 Å². The molecule has 1 aromatic heterocycles. The maximum atomic E-state index is 12.8. The van der Waals surface area contributed by atoms with E-state index in [9.17, 15) is 18.0 Å². The van der Waals surface area contributed by atoms with E-state index in [1.54, 1.807) is 0 Å². The van der Waals surface area contributed by atoms with Gasteiger partial charge >= 0.3 is 6.18 Å². The van der Waals surface area contributed by atoms with Crippen molar-refractivity contribution >= 4 is 17.4 Å². The summed E-state index contributed by atoms with van der Waals surface area (Å²) in [6.45, 7) is 1.94. The molecule has 0 aliphatic carbocycles. The molecule has 2 aromatic carbocycles. The number of alkyl halides is 3. The van der Waals surface area contributed by atoms with E-state index in [4.69, 9.17) is 0 Å². The Kier molecular flexibility index (Phi) is 5.58. The van der Waals surface area contributed by atoms with Crippen LogP contribution < -0.4 is 10.6 Å². The van der Waals surface area contributed by atoms with Crippen molar-refractivity contribution in [1.29, 1.82) is 0 Å². The van der Waals surface area contributed by atoms with Gasteiger partial charge in [-0.1, -0.05) is 36.4 Å². The Hall–Kier alpha value is -3.42. The average molecular weight is 386 g/mol. The van der Waals surface area contributed by atoms with Crippen LogP contribution in [0.2, 0.25) is 0 Å². The van der Waals surface area contributed by atoms with Crippen LogP contribution in [-0.4, -0.2) is 15.9 Å². The molecule has 0 saturated heterocycles. The first-order valence-corrected chi connectivity index (χ1v) is 8.45. The van der Waals surface area contributed by atoms with E-state index in [2.05, 4.69) is 20.6 Å². The highest BCUT2D eigenvalue weighted by Crippen LogP contribution is 2.30. The standard InChI is InChI=1S/C20H17F3N4O/c1-13(14-6-3-2-4-7-14)26-18-11-17(24-12-25-18)19(28)27-16-9-5-8-15(10-16)20(21,22)23/h2-13H,1H3,(H,27,28)(H,24,25,26). The lowest BCUT2D eigenvalue weighted by atomic mass is 10.1. The summed E-state index contributed by atoms with van der Waals surface area (Å²) in [5.41, 5.74) is 0.267. The van der Waals surface area contributed by atoms with Crippen LogP contribution >= 0.6 is 0 Å². The van der Waals surface area contributed by atoms with Crippen molar-refractivity contribution in [2.24, 2.45) is 0 Å². The molecule has 2 N–H and O–H groups in total. The summed E-state index contributed by atoms with van der Waals surface area (Å²) in [5, 5.41) is 5.59. The first-order valence-electron chi connectivity index (χ1n) is 8.45. The summed E-state index contributed by atoms with van der Waals surface area (Å²) < 4.78 is 38.4. The van der Waals surface area contributed by atoms with Gasteiger partial charge in [0.05, 0.1) is 5.56 Å². The summed E-state index contributed by atoms with van der Waals surface area (Å²) in [4.78, 5) is 20.4. The van der Waals surface area contributed by atoms with Crippen LogP contribution in [0.1, 0.15) is 34.6 Å². The maximum Gasteiger partial charge on any atom is 0.416 e. The first-order chi connectivity index (χ1) is 13.3. The molecule has 1 heterocycles. The van der Waals surface area contributed by atoms with Gasteiger partial charge in [0.15, 0.2) is 0 Å². The summed E-state index contributed by atoms with van der Waals surface area (Å²) in [5.74, 6) is -0.197. The number of aromatic nitrogens is 2. The zero-order chi connectivity index (χ0) is 20.1. The minimum Gasteiger partial charge on any atom is -0.363 e. The lowest BCUT2D eigenvalue weighted by molar-refractivity contribution is -0.137. The zero-order valence-corrected chi connectivity index (χ0v) is 14.9. The van der Waals surface area contributed by atoms with Crippen molar-refractivity contribution in [3.63, 3.8) is 0 Å². The predicted octanol–water partition coefficient (Wildman–Crippen LogP) is 4.92. The fourth-order valence-corrected chi connectivity index (χ4v) is 2.58. The third-order valence-electron chi connectivity index (χ3n) is 4.01. The molecular weight excluding hydrogens is 369 g/mol. The summed E-state index contributed by atoms with van der Waals surface area (Å²) in [6.07, 6.45) is -3.26. The van der Waals surface area contributed by atoms with E-state index in [0.717, 1.165) is 17.7 Å². The van der Waals surface area contributed by atoms with Gasteiger partial charge in [-0.05, 0) is 30.7 Å². The second-order valence-corrected chi connectivity index (χ2v) is 6.10. The second-order valence-electron chi connectivity index (χ2n) is 6.10. The van der Waals surface area contributed by atoms with Gasteiger partial charge in [-0.2, -0.15) is 13.2 Å². The molecule has 28 heavy (non-hydrogen) atoms. The van der Waals surface area contributed by atoms with E-state index in [-0.39, 0.29) is 17.4 Å². The van der Waals surface area contributed by atoms with Gasteiger partial charge in [0.1, 0.15) is 17.8 Å². The van der Waals surface area contributed by atoms with Crippen molar-refractivity contribution in [3.05, 3.63) is 83.8 Å². The third kappa shape index (κ3) is 4.85. The molecule has 144 valence electrons. The number of carbonyl (C=O) groups is 1. The number of nitrogens with one attached hydrogen (secondary N) is 2. The van der Waals surface area contributed by atoms with Gasteiger partial charge in [-0.25, -0.2) is 9.97 Å². The largest absolute Gasteiger partial charge is 0.416 e. The Labute approximate surface area is 159 Å². The molecule has 5 nitrogen and oxygen atoms in total. The lowest BCUT2D eigenvalue weighted by Gasteiger charge is -2.15. The molecule has 0 saturated carbocycles. The predicted molar refractivity (Wildman–Crippen MR) is 99.9 cm³/mol. The highest BCUT2D eigenvalue weighted by Gasteiger charge is 2.30. The number of hydrogen-bond donors (Lipinski definition) is 2. The number of carbonyl (C=O) groups excluding carboxylic acids is 1. The van der Waals surface area contributed by atoms with Crippen LogP contribution in [0.25, 0.3) is 0 Å². The van der Waals surface area contributed by atoms with Gasteiger partial charge < -0.3 is 10.6 Å². The zero-order valence-electron chi connectivity index (χ0n) is 14.9. The minimum absolute atomic E-state index is 0.0330. The molecule has 1 atom stereocenters. The van der Waals surface area contributed by atoms with Gasteiger partial charge in [0.2, 0.25) is 0 Å². The lowest BCUT2D eigenvalue weighted by Crippen LogP contribution is -2.16. The van der Waals surface area contributed by atoms with Crippen LogP contribution in [0.4, 0.5) is 24.7 Å². The van der Waals surface area contributed by atoms with Gasteiger partial charge in [0.25, 0.3) is 5.91 Å². The Morgan fingerprint density at radius 1 is 1.00 bits per heavy atom. The molecule has 1 amide bonds. The topological polar surface area (TPSA) is 66.9 Å². The van der Waals surface area contributed by atoms with Gasteiger partial charge in [-0.15, -0.1) is 0 Å². The SMILES string of the molecule is CC(Nc1cc(C(=O)Nc2cccc(C(F)(F)F)c2)ncn1)c1ccccc1. The number of rotatable bonds is 5. The maximum absolute atomic E-state index is 12.8. The summed E-state index contributed by atoms with van der Waals surface area (Å²) in [7, 11) is 0. The number of nitrogens with zero attached hydrogens (tertiary/aromatic N) is 2. The molecule has 0 aliphatic rings. The average Bonchev–Trinajstić information content (AvgIpc) is 2.68. The van der Waals surface area contributed by atoms with Crippen LogP contribution in [0.5, 0.6) is 0 Å². The third-order valence-corrected chi connectivity index (χ3v) is 4.01. The fourth-order valence-electron chi connectivity index (χ4n) is 2.58. The van der Waals surface area contributed by atoms with Crippen molar-refractivity contribution < 1.29 is 18.0 Å². The van der Waals surface area contributed by atoms with Crippen LogP contribution in [0.15, 0.2) is 67.0 Å². The van der Waals surface area contributed by atoms with E-state index in [1.807, 2.05) is 37.3 Å². The number of hydrogen-bond acceptors (Lipinski definition) is 4. The van der Waals surface area contributed by atoms with Crippen LogP contribution in [0.3, 0.4) is 0 Å².